The van der Waals surface area contributed by atoms with Crippen molar-refractivity contribution in [2.45, 2.75) is 39.7 Å². The average Bonchev–Trinajstić information content (AvgIpc) is 2.79. The largest absolute Gasteiger partial charge is 0.322 e. The zero-order chi connectivity index (χ0) is 21.6. The average molecular weight is 413 g/mol. The summed E-state index contributed by atoms with van der Waals surface area (Å²) >= 11 is 0. The molecule has 0 atom stereocenters. The molecule has 0 aliphatic carbocycles. The Morgan fingerprint density at radius 2 is 1.61 bits per heavy atom. The highest BCUT2D eigenvalue weighted by atomic mass is 16.1. The SMILES string of the molecule is Cc1ccc(C)c(NC(=O)c2ccc(CN3CCC(Cc4ccccc4)CC3)cc2)c1. The van der Waals surface area contributed by atoms with E-state index in [0.29, 0.717) is 5.56 Å². The number of benzene rings is 3. The molecule has 3 aromatic rings. The Bertz CT molecular complexity index is 1000. The first kappa shape index (κ1) is 21.3. The number of carbonyl (C=O) groups excluding carboxylic acids is 1. The van der Waals surface area contributed by atoms with E-state index in [0.717, 1.165) is 42.4 Å². The van der Waals surface area contributed by atoms with Crippen molar-refractivity contribution in [1.29, 1.82) is 0 Å². The lowest BCUT2D eigenvalue weighted by molar-refractivity contribution is 0.102. The van der Waals surface area contributed by atoms with Crippen LogP contribution in [0.4, 0.5) is 5.69 Å². The lowest BCUT2D eigenvalue weighted by Crippen LogP contribution is -2.33. The third kappa shape index (κ3) is 5.83. The highest BCUT2D eigenvalue weighted by molar-refractivity contribution is 6.04. The molecule has 0 spiro atoms. The minimum absolute atomic E-state index is 0.0537. The van der Waals surface area contributed by atoms with Crippen molar-refractivity contribution < 1.29 is 4.79 Å². The maximum absolute atomic E-state index is 12.6. The van der Waals surface area contributed by atoms with Crippen LogP contribution in [0.15, 0.2) is 72.8 Å². The first-order valence-corrected chi connectivity index (χ1v) is 11.3. The first-order valence-electron chi connectivity index (χ1n) is 11.3. The van der Waals surface area contributed by atoms with E-state index in [9.17, 15) is 4.79 Å². The quantitative estimate of drug-likeness (QED) is 0.538. The number of amides is 1. The molecule has 1 saturated heterocycles. The van der Waals surface area contributed by atoms with Crippen LogP contribution >= 0.6 is 0 Å². The van der Waals surface area contributed by atoms with E-state index < -0.39 is 0 Å². The van der Waals surface area contributed by atoms with E-state index in [2.05, 4.69) is 58.7 Å². The summed E-state index contributed by atoms with van der Waals surface area (Å²) < 4.78 is 0. The van der Waals surface area contributed by atoms with Gasteiger partial charge in [-0.05, 0) is 92.6 Å². The monoisotopic (exact) mass is 412 g/mol. The number of nitrogens with zero attached hydrogens (tertiary/aromatic N) is 1. The second-order valence-electron chi connectivity index (χ2n) is 8.88. The van der Waals surface area contributed by atoms with Crippen LogP contribution in [-0.2, 0) is 13.0 Å². The van der Waals surface area contributed by atoms with Crippen LogP contribution in [0.3, 0.4) is 0 Å². The molecule has 0 radical (unpaired) electrons. The molecule has 0 saturated carbocycles. The van der Waals surface area contributed by atoms with Crippen LogP contribution in [0.2, 0.25) is 0 Å². The molecule has 3 heteroatoms. The van der Waals surface area contributed by atoms with E-state index in [1.54, 1.807) is 0 Å². The third-order valence-corrected chi connectivity index (χ3v) is 6.34. The molecule has 0 aromatic heterocycles. The minimum atomic E-state index is -0.0537. The second-order valence-corrected chi connectivity index (χ2v) is 8.88. The van der Waals surface area contributed by atoms with Gasteiger partial charge in [-0.1, -0.05) is 54.6 Å². The molecule has 1 N–H and O–H groups in total. The van der Waals surface area contributed by atoms with E-state index in [1.165, 1.54) is 30.4 Å². The van der Waals surface area contributed by atoms with Crippen molar-refractivity contribution >= 4 is 11.6 Å². The summed E-state index contributed by atoms with van der Waals surface area (Å²) in [6.45, 7) is 7.30. The molecule has 31 heavy (non-hydrogen) atoms. The third-order valence-electron chi connectivity index (χ3n) is 6.34. The Morgan fingerprint density at radius 3 is 2.32 bits per heavy atom. The van der Waals surface area contributed by atoms with Gasteiger partial charge >= 0.3 is 0 Å². The predicted octanol–water partition coefficient (Wildman–Crippen LogP) is 6.01. The van der Waals surface area contributed by atoms with Gasteiger partial charge in [-0.25, -0.2) is 0 Å². The van der Waals surface area contributed by atoms with Gasteiger partial charge in [0.05, 0.1) is 0 Å². The lowest BCUT2D eigenvalue weighted by atomic mass is 9.90. The van der Waals surface area contributed by atoms with Crippen LogP contribution in [0.1, 0.15) is 45.5 Å². The van der Waals surface area contributed by atoms with Gasteiger partial charge in [0.25, 0.3) is 5.91 Å². The van der Waals surface area contributed by atoms with Gasteiger partial charge in [-0.3, -0.25) is 9.69 Å². The van der Waals surface area contributed by atoms with Crippen molar-refractivity contribution in [2.24, 2.45) is 5.92 Å². The van der Waals surface area contributed by atoms with Crippen molar-refractivity contribution in [3.63, 3.8) is 0 Å². The Hall–Kier alpha value is -2.91. The molecule has 1 aliphatic heterocycles. The fraction of sp³-hybridized carbons (Fsp3) is 0.321. The number of aryl methyl sites for hydroxylation is 2. The molecule has 0 unspecified atom stereocenters. The van der Waals surface area contributed by atoms with Crippen molar-refractivity contribution in [2.75, 3.05) is 18.4 Å². The molecule has 1 fully saturated rings. The molecular formula is C28H32N2O. The Morgan fingerprint density at radius 1 is 0.903 bits per heavy atom. The second kappa shape index (κ2) is 9.93. The molecule has 1 aliphatic rings. The van der Waals surface area contributed by atoms with Gasteiger partial charge in [-0.15, -0.1) is 0 Å². The highest BCUT2D eigenvalue weighted by Gasteiger charge is 2.19. The molecule has 1 heterocycles. The van der Waals surface area contributed by atoms with Crippen LogP contribution in [0.5, 0.6) is 0 Å². The summed E-state index contributed by atoms with van der Waals surface area (Å²) in [6, 6.07) is 25.0. The zero-order valence-corrected chi connectivity index (χ0v) is 18.6. The van der Waals surface area contributed by atoms with Gasteiger partial charge in [0, 0.05) is 17.8 Å². The number of carbonyl (C=O) groups is 1. The van der Waals surface area contributed by atoms with Gasteiger partial charge in [0.1, 0.15) is 0 Å². The topological polar surface area (TPSA) is 32.3 Å². The molecule has 3 nitrogen and oxygen atoms in total. The van der Waals surface area contributed by atoms with Crippen LogP contribution in [0.25, 0.3) is 0 Å². The fourth-order valence-electron chi connectivity index (χ4n) is 4.38. The molecule has 0 bridgehead atoms. The fourth-order valence-corrected chi connectivity index (χ4v) is 4.38. The summed E-state index contributed by atoms with van der Waals surface area (Å²) in [6.07, 6.45) is 3.70. The standard InChI is InChI=1S/C28H32N2O/c1-21-8-9-22(2)27(18-21)29-28(31)26-12-10-25(11-13-26)20-30-16-14-24(15-17-30)19-23-6-4-3-5-7-23/h3-13,18,24H,14-17,19-20H2,1-2H3,(H,29,31). The minimum Gasteiger partial charge on any atom is -0.322 e. The van der Waals surface area contributed by atoms with Crippen LogP contribution in [-0.4, -0.2) is 23.9 Å². The number of rotatable bonds is 6. The zero-order valence-electron chi connectivity index (χ0n) is 18.6. The molecule has 4 rings (SSSR count). The highest BCUT2D eigenvalue weighted by Crippen LogP contribution is 2.23. The number of likely N-dealkylation sites (tertiary alicyclic amines) is 1. The molecule has 1 amide bonds. The molecular weight excluding hydrogens is 380 g/mol. The number of piperidine rings is 1. The number of hydrogen-bond acceptors (Lipinski definition) is 2. The van der Waals surface area contributed by atoms with Crippen molar-refractivity contribution in [1.82, 2.24) is 4.90 Å². The van der Waals surface area contributed by atoms with Crippen molar-refractivity contribution in [3.8, 4) is 0 Å². The first-order chi connectivity index (χ1) is 15.1. The van der Waals surface area contributed by atoms with Crippen LogP contribution < -0.4 is 5.32 Å². The summed E-state index contributed by atoms with van der Waals surface area (Å²) in [4.78, 5) is 15.2. The van der Waals surface area contributed by atoms with Crippen molar-refractivity contribution in [3.05, 3.63) is 101 Å². The molecule has 160 valence electrons. The van der Waals surface area contributed by atoms with E-state index >= 15 is 0 Å². The smallest absolute Gasteiger partial charge is 0.255 e. The van der Waals surface area contributed by atoms with Crippen LogP contribution in [0, 0.1) is 19.8 Å². The van der Waals surface area contributed by atoms with Gasteiger partial charge in [-0.2, -0.15) is 0 Å². The van der Waals surface area contributed by atoms with E-state index in [1.807, 2.05) is 38.1 Å². The maximum Gasteiger partial charge on any atom is 0.255 e. The summed E-state index contributed by atoms with van der Waals surface area (Å²) in [5.74, 6) is 0.733. The number of nitrogens with one attached hydrogen (secondary N) is 1. The predicted molar refractivity (Wildman–Crippen MR) is 128 cm³/mol. The Kier molecular flexibility index (Phi) is 6.83. The molecule has 3 aromatic carbocycles. The lowest BCUT2D eigenvalue weighted by Gasteiger charge is -2.32. The summed E-state index contributed by atoms with van der Waals surface area (Å²) in [7, 11) is 0. The Labute approximate surface area is 186 Å². The number of hydrogen-bond donors (Lipinski definition) is 1. The van der Waals surface area contributed by atoms with Gasteiger partial charge in [0.15, 0.2) is 0 Å². The summed E-state index contributed by atoms with van der Waals surface area (Å²) in [5.41, 5.74) is 6.52. The van der Waals surface area contributed by atoms with E-state index in [4.69, 9.17) is 0 Å². The summed E-state index contributed by atoms with van der Waals surface area (Å²) in [5, 5.41) is 3.04. The Balaban J connectivity index is 1.28. The van der Waals surface area contributed by atoms with Gasteiger partial charge in [0.2, 0.25) is 0 Å². The maximum atomic E-state index is 12.6. The van der Waals surface area contributed by atoms with Gasteiger partial charge < -0.3 is 5.32 Å². The van der Waals surface area contributed by atoms with E-state index in [-0.39, 0.29) is 5.91 Å². The normalized spacial score (nSPS) is 15.0. The number of anilines is 1.